The largest absolute Gasteiger partial charge is 0.453 e. The average molecular weight is 424 g/mol. The molecule has 0 amide bonds. The molecule has 1 N–H and O–H groups in total. The highest BCUT2D eigenvalue weighted by molar-refractivity contribution is 5.80. The van der Waals surface area contributed by atoms with Gasteiger partial charge >= 0.3 is 0 Å². The van der Waals surface area contributed by atoms with Crippen LogP contribution in [0.5, 0.6) is 11.5 Å². The van der Waals surface area contributed by atoms with Crippen LogP contribution in [0.4, 0.5) is 4.39 Å². The second kappa shape index (κ2) is 10.0. The highest BCUT2D eigenvalue weighted by Crippen LogP contribution is 2.24. The van der Waals surface area contributed by atoms with Crippen LogP contribution in [0.1, 0.15) is 11.3 Å². The SMILES string of the molecule is CN=C(NCc1ccc(Oc2cccnc2)c(F)c1)N1CCN(Cc2ccon2)CC1. The zero-order valence-corrected chi connectivity index (χ0v) is 17.4. The number of ether oxygens (including phenoxy) is 1. The van der Waals surface area contributed by atoms with E-state index in [4.69, 9.17) is 9.26 Å². The van der Waals surface area contributed by atoms with Crippen molar-refractivity contribution in [2.75, 3.05) is 33.2 Å². The summed E-state index contributed by atoms with van der Waals surface area (Å²) in [7, 11) is 1.76. The third-order valence-electron chi connectivity index (χ3n) is 5.07. The quantitative estimate of drug-likeness (QED) is 0.481. The number of piperazine rings is 1. The molecule has 3 aromatic rings. The standard InChI is InChI=1S/C22H25FN6O2/c1-24-22(29-10-8-28(9-11-29)16-18-6-12-30-27-18)26-14-17-4-5-21(20(23)13-17)31-19-3-2-7-25-15-19/h2-7,12-13,15H,8-11,14,16H2,1H3,(H,24,26). The Kier molecular flexibility index (Phi) is 6.73. The minimum Gasteiger partial charge on any atom is -0.453 e. The van der Waals surface area contributed by atoms with E-state index in [1.807, 2.05) is 12.1 Å². The van der Waals surface area contributed by atoms with Crippen molar-refractivity contribution < 1.29 is 13.7 Å². The second-order valence-electron chi connectivity index (χ2n) is 7.21. The molecule has 31 heavy (non-hydrogen) atoms. The smallest absolute Gasteiger partial charge is 0.194 e. The molecular weight excluding hydrogens is 399 g/mol. The predicted octanol–water partition coefficient (Wildman–Crippen LogP) is 2.89. The molecule has 1 aromatic carbocycles. The van der Waals surface area contributed by atoms with E-state index in [0.29, 0.717) is 12.3 Å². The number of pyridine rings is 1. The first kappa shape index (κ1) is 20.8. The number of aromatic nitrogens is 2. The fraction of sp³-hybridized carbons (Fsp3) is 0.318. The molecular formula is C22H25FN6O2. The lowest BCUT2D eigenvalue weighted by atomic mass is 10.2. The molecule has 162 valence electrons. The molecule has 1 aliphatic heterocycles. The van der Waals surface area contributed by atoms with E-state index in [9.17, 15) is 4.39 Å². The summed E-state index contributed by atoms with van der Waals surface area (Å²) in [6.07, 6.45) is 4.78. The first-order valence-electron chi connectivity index (χ1n) is 10.1. The molecule has 1 saturated heterocycles. The molecule has 8 nitrogen and oxygen atoms in total. The van der Waals surface area contributed by atoms with Crippen LogP contribution in [0.25, 0.3) is 0 Å². The lowest BCUT2D eigenvalue weighted by molar-refractivity contribution is 0.169. The van der Waals surface area contributed by atoms with Crippen molar-refractivity contribution in [3.63, 3.8) is 0 Å². The van der Waals surface area contributed by atoms with Crippen LogP contribution >= 0.6 is 0 Å². The van der Waals surface area contributed by atoms with Crippen LogP contribution in [0.2, 0.25) is 0 Å². The third kappa shape index (κ3) is 5.58. The van der Waals surface area contributed by atoms with Crippen LogP contribution in [0.3, 0.4) is 0 Å². The molecule has 3 heterocycles. The lowest BCUT2D eigenvalue weighted by Gasteiger charge is -2.36. The summed E-state index contributed by atoms with van der Waals surface area (Å²) in [4.78, 5) is 12.9. The number of rotatable bonds is 6. The molecule has 1 fully saturated rings. The van der Waals surface area contributed by atoms with Gasteiger partial charge in [0.15, 0.2) is 17.5 Å². The summed E-state index contributed by atoms with van der Waals surface area (Å²) in [5.74, 6) is 1.05. The molecule has 0 atom stereocenters. The fourth-order valence-electron chi connectivity index (χ4n) is 3.45. The van der Waals surface area contributed by atoms with Crippen molar-refractivity contribution in [2.45, 2.75) is 13.1 Å². The monoisotopic (exact) mass is 424 g/mol. The van der Waals surface area contributed by atoms with Gasteiger partial charge in [0.2, 0.25) is 0 Å². The molecule has 4 rings (SSSR count). The predicted molar refractivity (Wildman–Crippen MR) is 114 cm³/mol. The van der Waals surface area contributed by atoms with Gasteiger partial charge < -0.3 is 19.5 Å². The van der Waals surface area contributed by atoms with E-state index in [1.54, 1.807) is 43.9 Å². The molecule has 1 aliphatic rings. The van der Waals surface area contributed by atoms with Gasteiger partial charge in [-0.2, -0.15) is 0 Å². The summed E-state index contributed by atoms with van der Waals surface area (Å²) in [5.41, 5.74) is 1.75. The van der Waals surface area contributed by atoms with Gasteiger partial charge in [0.1, 0.15) is 12.0 Å². The Balaban J connectivity index is 1.28. The average Bonchev–Trinajstić information content (AvgIpc) is 3.31. The zero-order valence-electron chi connectivity index (χ0n) is 17.4. The Morgan fingerprint density at radius 1 is 1.23 bits per heavy atom. The van der Waals surface area contributed by atoms with Crippen LogP contribution in [-0.2, 0) is 13.1 Å². The van der Waals surface area contributed by atoms with E-state index in [0.717, 1.165) is 49.9 Å². The van der Waals surface area contributed by atoms with Crippen molar-refractivity contribution in [3.8, 4) is 11.5 Å². The van der Waals surface area contributed by atoms with Gasteiger partial charge in [-0.1, -0.05) is 11.2 Å². The van der Waals surface area contributed by atoms with Crippen molar-refractivity contribution in [3.05, 3.63) is 72.1 Å². The zero-order chi connectivity index (χ0) is 21.5. The number of hydrogen-bond acceptors (Lipinski definition) is 6. The normalized spacial score (nSPS) is 15.2. The number of guanidine groups is 1. The summed E-state index contributed by atoms with van der Waals surface area (Å²) in [6, 6.07) is 10.3. The second-order valence-corrected chi connectivity index (χ2v) is 7.21. The highest BCUT2D eigenvalue weighted by Gasteiger charge is 2.20. The minimum atomic E-state index is -0.417. The van der Waals surface area contributed by atoms with Gasteiger partial charge in [0.05, 0.1) is 11.9 Å². The van der Waals surface area contributed by atoms with Gasteiger partial charge in [0.25, 0.3) is 0 Å². The molecule has 0 bridgehead atoms. The molecule has 0 aliphatic carbocycles. The number of aliphatic imine (C=N–C) groups is 1. The molecule has 0 spiro atoms. The molecule has 0 radical (unpaired) electrons. The van der Waals surface area contributed by atoms with Gasteiger partial charge in [-0.05, 0) is 29.8 Å². The highest BCUT2D eigenvalue weighted by atomic mass is 19.1. The van der Waals surface area contributed by atoms with Crippen molar-refractivity contribution in [2.24, 2.45) is 4.99 Å². The Morgan fingerprint density at radius 2 is 2.10 bits per heavy atom. The van der Waals surface area contributed by atoms with Crippen molar-refractivity contribution in [1.82, 2.24) is 25.3 Å². The Bertz CT molecular complexity index is 989. The van der Waals surface area contributed by atoms with E-state index >= 15 is 0 Å². The molecule has 2 aromatic heterocycles. The van der Waals surface area contributed by atoms with E-state index in [2.05, 4.69) is 30.2 Å². The van der Waals surface area contributed by atoms with Crippen LogP contribution in [0, 0.1) is 5.82 Å². The van der Waals surface area contributed by atoms with Crippen molar-refractivity contribution in [1.29, 1.82) is 0 Å². The Hall–Kier alpha value is -3.46. The van der Waals surface area contributed by atoms with E-state index in [1.165, 1.54) is 6.07 Å². The first-order chi connectivity index (χ1) is 15.2. The fourth-order valence-corrected chi connectivity index (χ4v) is 3.45. The Morgan fingerprint density at radius 3 is 2.77 bits per heavy atom. The number of halogens is 1. The summed E-state index contributed by atoms with van der Waals surface area (Å²) >= 11 is 0. The summed E-state index contributed by atoms with van der Waals surface area (Å²) < 4.78 is 24.9. The van der Waals surface area contributed by atoms with Gasteiger partial charge in [-0.15, -0.1) is 0 Å². The van der Waals surface area contributed by atoms with E-state index in [-0.39, 0.29) is 5.75 Å². The first-order valence-corrected chi connectivity index (χ1v) is 10.1. The number of nitrogens with zero attached hydrogens (tertiary/aromatic N) is 5. The third-order valence-corrected chi connectivity index (χ3v) is 5.07. The van der Waals surface area contributed by atoms with Gasteiger partial charge in [0, 0.05) is 58.6 Å². The maximum atomic E-state index is 14.5. The molecule has 0 unspecified atom stereocenters. The number of nitrogens with one attached hydrogen (secondary N) is 1. The van der Waals surface area contributed by atoms with E-state index < -0.39 is 5.82 Å². The maximum Gasteiger partial charge on any atom is 0.194 e. The topological polar surface area (TPSA) is 79.0 Å². The molecule has 0 saturated carbocycles. The van der Waals surface area contributed by atoms with Gasteiger partial charge in [-0.25, -0.2) is 4.39 Å². The lowest BCUT2D eigenvalue weighted by Crippen LogP contribution is -2.52. The van der Waals surface area contributed by atoms with Crippen molar-refractivity contribution >= 4 is 5.96 Å². The van der Waals surface area contributed by atoms with Crippen LogP contribution in [0.15, 0.2) is 64.6 Å². The molecule has 9 heteroatoms. The Labute approximate surface area is 180 Å². The van der Waals surface area contributed by atoms with Crippen LogP contribution in [-0.4, -0.2) is 59.1 Å². The van der Waals surface area contributed by atoms with Crippen LogP contribution < -0.4 is 10.1 Å². The van der Waals surface area contributed by atoms with Gasteiger partial charge in [-0.3, -0.25) is 14.9 Å². The maximum absolute atomic E-state index is 14.5. The summed E-state index contributed by atoms with van der Waals surface area (Å²) in [6.45, 7) is 4.76. The minimum absolute atomic E-state index is 0.171. The number of benzene rings is 1. The summed E-state index contributed by atoms with van der Waals surface area (Å²) in [5, 5.41) is 7.30. The number of hydrogen-bond donors (Lipinski definition) is 1.